The lowest BCUT2D eigenvalue weighted by Crippen LogP contribution is -2.10. The largest absolute Gasteiger partial charge is 0.381 e. The summed E-state index contributed by atoms with van der Waals surface area (Å²) in [6.07, 6.45) is 3.61. The fourth-order valence-electron chi connectivity index (χ4n) is 3.66. The third kappa shape index (κ3) is 4.82. The number of carbonyl (C=O) groups excluding carboxylic acids is 1. The maximum atomic E-state index is 13.0. The molecule has 0 aliphatic carbocycles. The number of thiophene rings is 1. The van der Waals surface area contributed by atoms with Crippen LogP contribution in [0.2, 0.25) is 0 Å². The number of anilines is 2. The highest BCUT2D eigenvalue weighted by Crippen LogP contribution is 2.32. The van der Waals surface area contributed by atoms with Crippen molar-refractivity contribution in [2.75, 3.05) is 10.6 Å². The molecule has 4 nitrogen and oxygen atoms in total. The average molecular weight is 514 g/mol. The summed E-state index contributed by atoms with van der Waals surface area (Å²) in [6.45, 7) is 0.655. The fraction of sp³-hybridized carbons (Fsp3) is 0.0370. The van der Waals surface area contributed by atoms with E-state index >= 15 is 0 Å². The van der Waals surface area contributed by atoms with Crippen LogP contribution in [0.4, 0.5) is 11.4 Å². The molecule has 0 unspecified atom stereocenters. The van der Waals surface area contributed by atoms with Crippen LogP contribution in [-0.2, 0) is 6.54 Å². The highest BCUT2D eigenvalue weighted by molar-refractivity contribution is 9.10. The molecule has 0 fully saturated rings. The summed E-state index contributed by atoms with van der Waals surface area (Å²) >= 11 is 5.07. The lowest BCUT2D eigenvalue weighted by Gasteiger charge is -2.13. The van der Waals surface area contributed by atoms with E-state index in [0.717, 1.165) is 42.6 Å². The number of fused-ring (bicyclic) bond motifs is 1. The minimum Gasteiger partial charge on any atom is -0.381 e. The van der Waals surface area contributed by atoms with E-state index < -0.39 is 0 Å². The summed E-state index contributed by atoms with van der Waals surface area (Å²) in [6, 6.07) is 28.0. The van der Waals surface area contributed by atoms with Gasteiger partial charge in [0.15, 0.2) is 0 Å². The predicted molar refractivity (Wildman–Crippen MR) is 141 cm³/mol. The third-order valence-corrected chi connectivity index (χ3v) is 7.21. The molecule has 33 heavy (non-hydrogen) atoms. The van der Waals surface area contributed by atoms with Gasteiger partial charge in [-0.15, -0.1) is 11.3 Å². The molecule has 2 N–H and O–H groups in total. The first kappa shape index (κ1) is 21.4. The highest BCUT2D eigenvalue weighted by atomic mass is 79.9. The maximum Gasteiger partial charge on any atom is 0.265 e. The fourth-order valence-corrected chi connectivity index (χ4v) is 4.97. The molecular weight excluding hydrogens is 494 g/mol. The van der Waals surface area contributed by atoms with Crippen molar-refractivity contribution in [2.45, 2.75) is 6.54 Å². The molecule has 3 aromatic carbocycles. The minimum absolute atomic E-state index is 0.0978. The molecule has 0 spiro atoms. The Hall–Kier alpha value is -3.48. The number of amides is 1. The molecule has 6 heteroatoms. The summed E-state index contributed by atoms with van der Waals surface area (Å²) in [5, 5.41) is 7.65. The SMILES string of the molecule is O=C(Nc1ccccc1-c1cccc(NCc2cnccc2Br)c1)c1cc2ccccc2s1. The molecule has 5 aromatic rings. The topological polar surface area (TPSA) is 54.0 Å². The van der Waals surface area contributed by atoms with E-state index in [0.29, 0.717) is 11.4 Å². The second-order valence-electron chi connectivity index (χ2n) is 7.55. The van der Waals surface area contributed by atoms with Crippen LogP contribution in [0.3, 0.4) is 0 Å². The second kappa shape index (κ2) is 9.57. The van der Waals surface area contributed by atoms with Gasteiger partial charge in [-0.05, 0) is 47.3 Å². The number of hydrogen-bond donors (Lipinski definition) is 2. The number of nitrogens with one attached hydrogen (secondary N) is 2. The van der Waals surface area contributed by atoms with E-state index in [1.807, 2.05) is 79.0 Å². The Bertz CT molecular complexity index is 1410. The van der Waals surface area contributed by atoms with Crippen molar-refractivity contribution < 1.29 is 4.79 Å². The number of rotatable bonds is 6. The zero-order chi connectivity index (χ0) is 22.6. The van der Waals surface area contributed by atoms with Gasteiger partial charge in [0.2, 0.25) is 0 Å². The van der Waals surface area contributed by atoms with Gasteiger partial charge in [-0.25, -0.2) is 0 Å². The Balaban J connectivity index is 1.37. The number of carbonyl (C=O) groups is 1. The zero-order valence-electron chi connectivity index (χ0n) is 17.6. The Kier molecular flexibility index (Phi) is 6.19. The van der Waals surface area contributed by atoms with Crippen molar-refractivity contribution in [3.05, 3.63) is 112 Å². The zero-order valence-corrected chi connectivity index (χ0v) is 20.0. The van der Waals surface area contributed by atoms with Crippen LogP contribution in [0.15, 0.2) is 102 Å². The van der Waals surface area contributed by atoms with Crippen LogP contribution in [0.1, 0.15) is 15.2 Å². The quantitative estimate of drug-likeness (QED) is 0.246. The Morgan fingerprint density at radius 1 is 0.939 bits per heavy atom. The predicted octanol–water partition coefficient (Wildman–Crippen LogP) is 7.59. The van der Waals surface area contributed by atoms with Gasteiger partial charge in [0.05, 0.1) is 4.88 Å². The molecular formula is C27H20BrN3OS. The number of nitrogens with zero attached hydrogens (tertiary/aromatic N) is 1. The second-order valence-corrected chi connectivity index (χ2v) is 9.49. The Morgan fingerprint density at radius 3 is 2.67 bits per heavy atom. The Morgan fingerprint density at radius 2 is 1.79 bits per heavy atom. The number of aromatic nitrogens is 1. The smallest absolute Gasteiger partial charge is 0.265 e. The molecule has 1 amide bonds. The summed E-state index contributed by atoms with van der Waals surface area (Å²) in [5.41, 5.74) is 4.86. The third-order valence-electron chi connectivity index (χ3n) is 5.33. The lowest BCUT2D eigenvalue weighted by atomic mass is 10.0. The normalized spacial score (nSPS) is 10.8. The Labute approximate surface area is 204 Å². The van der Waals surface area contributed by atoms with Crippen LogP contribution < -0.4 is 10.6 Å². The van der Waals surface area contributed by atoms with E-state index in [9.17, 15) is 4.79 Å². The summed E-state index contributed by atoms with van der Waals surface area (Å²) in [4.78, 5) is 17.9. The molecule has 5 rings (SSSR count). The molecule has 2 heterocycles. The van der Waals surface area contributed by atoms with Gasteiger partial charge in [-0.3, -0.25) is 9.78 Å². The standard InChI is InChI=1S/C27H20BrN3OS/c28-23-12-13-29-16-20(23)17-30-21-8-5-7-18(14-21)22-9-2-3-10-24(22)31-27(32)26-15-19-6-1-4-11-25(19)33-26/h1-16,30H,17H2,(H,31,32). The first-order valence-electron chi connectivity index (χ1n) is 10.5. The number of para-hydroxylation sites is 1. The molecule has 0 aliphatic rings. The van der Waals surface area contributed by atoms with Crippen LogP contribution in [0, 0.1) is 0 Å². The minimum atomic E-state index is -0.0978. The lowest BCUT2D eigenvalue weighted by molar-refractivity contribution is 0.103. The van der Waals surface area contributed by atoms with Crippen LogP contribution in [0.5, 0.6) is 0 Å². The highest BCUT2D eigenvalue weighted by Gasteiger charge is 2.13. The maximum absolute atomic E-state index is 13.0. The van der Waals surface area contributed by atoms with E-state index in [1.54, 1.807) is 6.20 Å². The van der Waals surface area contributed by atoms with Crippen molar-refractivity contribution in [2.24, 2.45) is 0 Å². The molecule has 0 saturated heterocycles. The van der Waals surface area contributed by atoms with Crippen LogP contribution >= 0.6 is 27.3 Å². The molecule has 2 aromatic heterocycles. The average Bonchev–Trinajstić information content (AvgIpc) is 3.29. The number of halogens is 1. The van der Waals surface area contributed by atoms with E-state index in [4.69, 9.17) is 0 Å². The molecule has 0 saturated carbocycles. The number of benzene rings is 3. The van der Waals surface area contributed by atoms with Gasteiger partial charge in [0.25, 0.3) is 5.91 Å². The van der Waals surface area contributed by atoms with Crippen molar-refractivity contribution in [3.8, 4) is 11.1 Å². The molecule has 0 radical (unpaired) electrons. The number of hydrogen-bond acceptors (Lipinski definition) is 4. The molecule has 162 valence electrons. The molecule has 0 aliphatic heterocycles. The summed E-state index contributed by atoms with van der Waals surface area (Å²) in [5.74, 6) is -0.0978. The van der Waals surface area contributed by atoms with Gasteiger partial charge < -0.3 is 10.6 Å². The summed E-state index contributed by atoms with van der Waals surface area (Å²) < 4.78 is 2.13. The van der Waals surface area contributed by atoms with E-state index in [1.165, 1.54) is 11.3 Å². The van der Waals surface area contributed by atoms with Gasteiger partial charge in [-0.2, -0.15) is 0 Å². The van der Waals surface area contributed by atoms with E-state index in [2.05, 4.69) is 43.7 Å². The van der Waals surface area contributed by atoms with Gasteiger partial charge in [-0.1, -0.05) is 64.5 Å². The monoisotopic (exact) mass is 513 g/mol. The molecule has 0 bridgehead atoms. The first-order chi connectivity index (χ1) is 16.2. The van der Waals surface area contributed by atoms with Gasteiger partial charge in [0, 0.05) is 50.6 Å². The van der Waals surface area contributed by atoms with Crippen molar-refractivity contribution in [1.29, 1.82) is 0 Å². The molecule has 0 atom stereocenters. The number of pyridine rings is 1. The van der Waals surface area contributed by atoms with Crippen molar-refractivity contribution >= 4 is 54.6 Å². The summed E-state index contributed by atoms with van der Waals surface area (Å²) in [7, 11) is 0. The van der Waals surface area contributed by atoms with Crippen LogP contribution in [0.25, 0.3) is 21.2 Å². The van der Waals surface area contributed by atoms with Gasteiger partial charge in [0.1, 0.15) is 0 Å². The first-order valence-corrected chi connectivity index (χ1v) is 12.1. The van der Waals surface area contributed by atoms with Crippen molar-refractivity contribution in [1.82, 2.24) is 4.98 Å². The van der Waals surface area contributed by atoms with E-state index in [-0.39, 0.29) is 5.91 Å². The van der Waals surface area contributed by atoms with Crippen LogP contribution in [-0.4, -0.2) is 10.9 Å². The van der Waals surface area contributed by atoms with Crippen molar-refractivity contribution in [3.63, 3.8) is 0 Å². The van der Waals surface area contributed by atoms with Gasteiger partial charge >= 0.3 is 0 Å².